The van der Waals surface area contributed by atoms with Gasteiger partial charge in [-0.3, -0.25) is 9.59 Å². The Hall–Kier alpha value is -2.82. The third-order valence-corrected chi connectivity index (χ3v) is 4.46. The van der Waals surface area contributed by atoms with E-state index in [2.05, 4.69) is 0 Å². The molecule has 25 heavy (non-hydrogen) atoms. The number of piperidine rings is 1. The van der Waals surface area contributed by atoms with Crippen molar-refractivity contribution in [2.75, 3.05) is 13.1 Å². The second-order valence-corrected chi connectivity index (χ2v) is 6.25. The number of likely N-dealkylation sites (tertiary alicyclic amines) is 1. The van der Waals surface area contributed by atoms with Gasteiger partial charge in [0.2, 0.25) is 12.0 Å². The molecule has 0 radical (unpaired) electrons. The minimum Gasteiger partial charge on any atom is -0.476 e. The lowest BCUT2D eigenvalue weighted by Crippen LogP contribution is -2.46. The number of para-hydroxylation sites is 1. The van der Waals surface area contributed by atoms with Crippen LogP contribution in [0.25, 0.3) is 0 Å². The Morgan fingerprint density at radius 2 is 1.68 bits per heavy atom. The summed E-state index contributed by atoms with van der Waals surface area (Å²) in [7, 11) is 0. The molecule has 1 fully saturated rings. The highest BCUT2D eigenvalue weighted by atomic mass is 16.5. The molecular weight excluding hydrogens is 316 g/mol. The van der Waals surface area contributed by atoms with Gasteiger partial charge in [0, 0.05) is 18.7 Å². The van der Waals surface area contributed by atoms with E-state index < -0.39 is 6.10 Å². The summed E-state index contributed by atoms with van der Waals surface area (Å²) in [5.41, 5.74) is 6.22. The van der Waals surface area contributed by atoms with Crippen LogP contribution in [0.5, 0.6) is 5.75 Å². The van der Waals surface area contributed by atoms with Gasteiger partial charge in [-0.15, -0.1) is 0 Å². The summed E-state index contributed by atoms with van der Waals surface area (Å²) in [4.78, 5) is 26.3. The van der Waals surface area contributed by atoms with Crippen molar-refractivity contribution >= 4 is 11.8 Å². The molecule has 3 rings (SSSR count). The highest BCUT2D eigenvalue weighted by Crippen LogP contribution is 2.26. The summed E-state index contributed by atoms with van der Waals surface area (Å²) < 4.78 is 6.00. The molecule has 5 nitrogen and oxygen atoms in total. The van der Waals surface area contributed by atoms with Gasteiger partial charge in [0.15, 0.2) is 0 Å². The van der Waals surface area contributed by atoms with Gasteiger partial charge in [0.05, 0.1) is 5.92 Å². The van der Waals surface area contributed by atoms with Crippen LogP contribution < -0.4 is 10.5 Å². The molecule has 0 unspecified atom stereocenters. The molecule has 5 heteroatoms. The minimum absolute atomic E-state index is 0.138. The molecule has 0 bridgehead atoms. The highest BCUT2D eigenvalue weighted by molar-refractivity contribution is 5.84. The first kappa shape index (κ1) is 17.0. The zero-order chi connectivity index (χ0) is 17.6. The molecule has 2 atom stereocenters. The topological polar surface area (TPSA) is 72.6 Å². The standard InChI is InChI=1S/C20H22N2O3/c21-19(23)16-10-7-13-22(14-16)20(24)18(15-8-3-1-4-9-15)25-17-11-5-2-6-12-17/h1-6,8-9,11-12,16,18H,7,10,13-14H2,(H2,21,23)/t16-,18+/m1/s1. The zero-order valence-electron chi connectivity index (χ0n) is 14.0. The Bertz CT molecular complexity index is 718. The van der Waals surface area contributed by atoms with Crippen LogP contribution in [-0.2, 0) is 9.59 Å². The van der Waals surface area contributed by atoms with Crippen LogP contribution in [-0.4, -0.2) is 29.8 Å². The first-order chi connectivity index (χ1) is 12.1. The van der Waals surface area contributed by atoms with Gasteiger partial charge in [-0.1, -0.05) is 48.5 Å². The molecule has 2 amide bonds. The summed E-state index contributed by atoms with van der Waals surface area (Å²) in [6, 6.07) is 18.7. The van der Waals surface area contributed by atoms with Gasteiger partial charge in [-0.05, 0) is 25.0 Å². The fraction of sp³-hybridized carbons (Fsp3) is 0.300. The van der Waals surface area contributed by atoms with Crippen molar-refractivity contribution in [2.45, 2.75) is 18.9 Å². The van der Waals surface area contributed by atoms with E-state index in [0.29, 0.717) is 18.8 Å². The number of hydrogen-bond acceptors (Lipinski definition) is 3. The molecule has 0 aliphatic carbocycles. The number of rotatable bonds is 5. The number of nitrogens with zero attached hydrogens (tertiary/aromatic N) is 1. The number of carbonyl (C=O) groups excluding carboxylic acids is 2. The van der Waals surface area contributed by atoms with Crippen LogP contribution in [0.1, 0.15) is 24.5 Å². The molecule has 0 spiro atoms. The highest BCUT2D eigenvalue weighted by Gasteiger charge is 2.33. The Morgan fingerprint density at radius 3 is 2.32 bits per heavy atom. The molecule has 1 saturated heterocycles. The molecule has 2 aromatic rings. The van der Waals surface area contributed by atoms with Crippen molar-refractivity contribution in [3.05, 3.63) is 66.2 Å². The van der Waals surface area contributed by atoms with Crippen LogP contribution in [0.3, 0.4) is 0 Å². The van der Waals surface area contributed by atoms with E-state index in [0.717, 1.165) is 18.4 Å². The van der Waals surface area contributed by atoms with Gasteiger partial charge < -0.3 is 15.4 Å². The summed E-state index contributed by atoms with van der Waals surface area (Å²) >= 11 is 0. The maximum Gasteiger partial charge on any atom is 0.268 e. The number of primary amides is 1. The first-order valence-electron chi connectivity index (χ1n) is 8.50. The Labute approximate surface area is 147 Å². The SMILES string of the molecule is NC(=O)[C@@H]1CCCN(C(=O)[C@@H](Oc2ccccc2)c2ccccc2)C1. The number of carbonyl (C=O) groups is 2. The van der Waals surface area contributed by atoms with Crippen molar-refractivity contribution in [1.29, 1.82) is 0 Å². The van der Waals surface area contributed by atoms with E-state index in [-0.39, 0.29) is 17.7 Å². The largest absolute Gasteiger partial charge is 0.476 e. The Balaban J connectivity index is 1.83. The molecule has 2 N–H and O–H groups in total. The predicted octanol–water partition coefficient (Wildman–Crippen LogP) is 2.53. The monoisotopic (exact) mass is 338 g/mol. The minimum atomic E-state index is -0.741. The first-order valence-corrected chi connectivity index (χ1v) is 8.50. The van der Waals surface area contributed by atoms with E-state index in [1.807, 2.05) is 60.7 Å². The summed E-state index contributed by atoms with van der Waals surface area (Å²) in [5, 5.41) is 0. The fourth-order valence-corrected chi connectivity index (χ4v) is 3.10. The zero-order valence-corrected chi connectivity index (χ0v) is 14.0. The van der Waals surface area contributed by atoms with E-state index in [4.69, 9.17) is 10.5 Å². The molecule has 1 heterocycles. The van der Waals surface area contributed by atoms with Gasteiger partial charge in [0.25, 0.3) is 5.91 Å². The van der Waals surface area contributed by atoms with Crippen LogP contribution >= 0.6 is 0 Å². The maximum absolute atomic E-state index is 13.1. The van der Waals surface area contributed by atoms with Gasteiger partial charge >= 0.3 is 0 Å². The number of amides is 2. The summed E-state index contributed by atoms with van der Waals surface area (Å²) in [5.74, 6) is -0.141. The van der Waals surface area contributed by atoms with Crippen LogP contribution in [0.2, 0.25) is 0 Å². The van der Waals surface area contributed by atoms with Crippen molar-refractivity contribution < 1.29 is 14.3 Å². The van der Waals surface area contributed by atoms with Crippen LogP contribution in [0.4, 0.5) is 0 Å². The summed E-state index contributed by atoms with van der Waals surface area (Å²) in [6.45, 7) is 0.972. The molecule has 2 aromatic carbocycles. The number of benzene rings is 2. The van der Waals surface area contributed by atoms with Gasteiger partial charge in [-0.25, -0.2) is 0 Å². The number of hydrogen-bond donors (Lipinski definition) is 1. The Morgan fingerprint density at radius 1 is 1.04 bits per heavy atom. The predicted molar refractivity (Wildman–Crippen MR) is 94.8 cm³/mol. The second-order valence-electron chi connectivity index (χ2n) is 6.25. The van der Waals surface area contributed by atoms with Crippen molar-refractivity contribution in [3.63, 3.8) is 0 Å². The average molecular weight is 338 g/mol. The quantitative estimate of drug-likeness (QED) is 0.910. The lowest BCUT2D eigenvalue weighted by atomic mass is 9.96. The lowest BCUT2D eigenvalue weighted by Gasteiger charge is -2.33. The maximum atomic E-state index is 13.1. The van der Waals surface area contributed by atoms with Gasteiger partial charge in [-0.2, -0.15) is 0 Å². The van der Waals surface area contributed by atoms with E-state index >= 15 is 0 Å². The molecule has 1 aliphatic heterocycles. The van der Waals surface area contributed by atoms with E-state index in [1.54, 1.807) is 4.90 Å². The van der Waals surface area contributed by atoms with E-state index in [9.17, 15) is 9.59 Å². The van der Waals surface area contributed by atoms with E-state index in [1.165, 1.54) is 0 Å². The summed E-state index contributed by atoms with van der Waals surface area (Å²) in [6.07, 6.45) is 0.760. The fourth-order valence-electron chi connectivity index (χ4n) is 3.10. The third kappa shape index (κ3) is 4.18. The second kappa shape index (κ2) is 7.83. The average Bonchev–Trinajstić information content (AvgIpc) is 2.67. The lowest BCUT2D eigenvalue weighted by molar-refractivity contribution is -0.142. The Kier molecular flexibility index (Phi) is 5.33. The molecule has 0 aromatic heterocycles. The third-order valence-electron chi connectivity index (χ3n) is 4.46. The smallest absolute Gasteiger partial charge is 0.268 e. The number of ether oxygens (including phenoxy) is 1. The molecule has 1 aliphatic rings. The molecular formula is C20H22N2O3. The van der Waals surface area contributed by atoms with Crippen LogP contribution in [0.15, 0.2) is 60.7 Å². The molecule has 0 saturated carbocycles. The number of nitrogens with two attached hydrogens (primary N) is 1. The normalized spacial score (nSPS) is 18.4. The van der Waals surface area contributed by atoms with Gasteiger partial charge in [0.1, 0.15) is 5.75 Å². The molecule has 130 valence electrons. The van der Waals surface area contributed by atoms with Crippen LogP contribution in [0, 0.1) is 5.92 Å². The van der Waals surface area contributed by atoms with Crippen molar-refractivity contribution in [1.82, 2.24) is 4.90 Å². The van der Waals surface area contributed by atoms with Crippen molar-refractivity contribution in [2.24, 2.45) is 11.7 Å². The van der Waals surface area contributed by atoms with Crippen molar-refractivity contribution in [3.8, 4) is 5.75 Å².